The van der Waals surface area contributed by atoms with Gasteiger partial charge in [-0.15, -0.1) is 0 Å². The fourth-order valence-corrected chi connectivity index (χ4v) is 4.83. The Bertz CT molecular complexity index is 202. The van der Waals surface area contributed by atoms with Crippen molar-refractivity contribution in [3.8, 4) is 0 Å². The standard InChI is InChI=1S/C11H21NS/c1-10(2)4-5-13-8-11(10)6-9(11)7-12-3/h9,12H,4-8H2,1-3H3. The van der Waals surface area contributed by atoms with E-state index >= 15 is 0 Å². The minimum absolute atomic E-state index is 0.597. The summed E-state index contributed by atoms with van der Waals surface area (Å²) in [5.41, 5.74) is 1.29. The molecule has 1 spiro atoms. The monoisotopic (exact) mass is 199 g/mol. The fourth-order valence-electron chi connectivity index (χ4n) is 2.93. The third kappa shape index (κ3) is 1.42. The van der Waals surface area contributed by atoms with Crippen molar-refractivity contribution in [2.45, 2.75) is 26.7 Å². The molecule has 2 fully saturated rings. The van der Waals surface area contributed by atoms with Gasteiger partial charge in [0, 0.05) is 0 Å². The molecule has 1 heterocycles. The minimum atomic E-state index is 0.597. The van der Waals surface area contributed by atoms with Crippen LogP contribution in [0.4, 0.5) is 0 Å². The molecule has 2 atom stereocenters. The molecule has 0 bridgehead atoms. The lowest BCUT2D eigenvalue weighted by Crippen LogP contribution is -2.35. The molecule has 0 aromatic carbocycles. The lowest BCUT2D eigenvalue weighted by molar-refractivity contribution is 0.177. The van der Waals surface area contributed by atoms with Gasteiger partial charge in [0.1, 0.15) is 0 Å². The van der Waals surface area contributed by atoms with E-state index in [1.807, 2.05) is 0 Å². The Morgan fingerprint density at radius 2 is 2.23 bits per heavy atom. The third-order valence-electron chi connectivity index (χ3n) is 4.26. The Kier molecular flexibility index (Phi) is 2.40. The largest absolute Gasteiger partial charge is 0.319 e. The zero-order valence-corrected chi connectivity index (χ0v) is 9.84. The maximum absolute atomic E-state index is 3.33. The van der Waals surface area contributed by atoms with E-state index in [1.165, 1.54) is 30.9 Å². The third-order valence-corrected chi connectivity index (χ3v) is 5.47. The second-order valence-corrected chi connectivity index (χ2v) is 6.41. The zero-order chi connectivity index (χ0) is 9.53. The first-order valence-corrected chi connectivity index (χ1v) is 6.50. The maximum Gasteiger partial charge on any atom is -0.000243 e. The van der Waals surface area contributed by atoms with Gasteiger partial charge >= 0.3 is 0 Å². The van der Waals surface area contributed by atoms with Crippen molar-refractivity contribution in [2.75, 3.05) is 25.1 Å². The first-order valence-electron chi connectivity index (χ1n) is 5.35. The topological polar surface area (TPSA) is 12.0 Å². The molecule has 1 nitrogen and oxygen atoms in total. The van der Waals surface area contributed by atoms with Crippen LogP contribution in [-0.4, -0.2) is 25.1 Å². The number of hydrogen-bond donors (Lipinski definition) is 1. The molecule has 0 amide bonds. The van der Waals surface area contributed by atoms with E-state index in [9.17, 15) is 0 Å². The Morgan fingerprint density at radius 3 is 2.85 bits per heavy atom. The Morgan fingerprint density at radius 1 is 1.46 bits per heavy atom. The average Bonchev–Trinajstić information content (AvgIpc) is 2.74. The molecule has 1 aliphatic carbocycles. The highest BCUT2D eigenvalue weighted by Crippen LogP contribution is 2.67. The van der Waals surface area contributed by atoms with Crippen LogP contribution in [0.5, 0.6) is 0 Å². The summed E-state index contributed by atoms with van der Waals surface area (Å²) in [6.07, 6.45) is 2.88. The van der Waals surface area contributed by atoms with Gasteiger partial charge in [0.25, 0.3) is 0 Å². The summed E-state index contributed by atoms with van der Waals surface area (Å²) in [5, 5.41) is 3.33. The van der Waals surface area contributed by atoms with E-state index in [1.54, 1.807) is 0 Å². The molecule has 13 heavy (non-hydrogen) atoms. The normalized spacial score (nSPS) is 42.2. The van der Waals surface area contributed by atoms with Crippen molar-refractivity contribution in [3.05, 3.63) is 0 Å². The van der Waals surface area contributed by atoms with Crippen molar-refractivity contribution >= 4 is 11.8 Å². The molecule has 1 saturated carbocycles. The van der Waals surface area contributed by atoms with E-state index in [-0.39, 0.29) is 0 Å². The SMILES string of the molecule is CNCC1CC12CSCCC2(C)C. The van der Waals surface area contributed by atoms with Crippen LogP contribution in [0, 0.1) is 16.7 Å². The van der Waals surface area contributed by atoms with Crippen LogP contribution >= 0.6 is 11.8 Å². The Hall–Kier alpha value is 0.310. The first kappa shape index (κ1) is 9.85. The molecule has 2 unspecified atom stereocenters. The van der Waals surface area contributed by atoms with Gasteiger partial charge < -0.3 is 5.32 Å². The van der Waals surface area contributed by atoms with Crippen LogP contribution in [0.25, 0.3) is 0 Å². The molecule has 0 aromatic heterocycles. The molecular weight excluding hydrogens is 178 g/mol. The molecule has 2 aliphatic rings. The van der Waals surface area contributed by atoms with E-state index < -0.39 is 0 Å². The maximum atomic E-state index is 3.33. The van der Waals surface area contributed by atoms with Gasteiger partial charge in [-0.1, -0.05) is 13.8 Å². The summed E-state index contributed by atoms with van der Waals surface area (Å²) in [7, 11) is 2.08. The van der Waals surface area contributed by atoms with Crippen molar-refractivity contribution < 1.29 is 0 Å². The lowest BCUT2D eigenvalue weighted by atomic mass is 9.73. The van der Waals surface area contributed by atoms with Gasteiger partial charge in [-0.25, -0.2) is 0 Å². The molecular formula is C11H21NS. The van der Waals surface area contributed by atoms with Crippen LogP contribution in [0.15, 0.2) is 0 Å². The number of thioether (sulfide) groups is 1. The summed E-state index contributed by atoms with van der Waals surface area (Å²) in [6, 6.07) is 0. The molecule has 0 aromatic rings. The molecule has 2 rings (SSSR count). The highest BCUT2D eigenvalue weighted by Gasteiger charge is 2.62. The second-order valence-electron chi connectivity index (χ2n) is 5.30. The summed E-state index contributed by atoms with van der Waals surface area (Å²) in [5.74, 6) is 3.74. The first-order chi connectivity index (χ1) is 6.12. The number of hydrogen-bond acceptors (Lipinski definition) is 2. The van der Waals surface area contributed by atoms with Crippen molar-refractivity contribution in [3.63, 3.8) is 0 Å². The van der Waals surface area contributed by atoms with Gasteiger partial charge in [-0.3, -0.25) is 0 Å². The molecule has 76 valence electrons. The Labute approximate surface area is 86.0 Å². The smallest absolute Gasteiger partial charge is 0.000243 e. The van der Waals surface area contributed by atoms with Crippen molar-refractivity contribution in [2.24, 2.45) is 16.7 Å². The molecule has 0 radical (unpaired) electrons. The van der Waals surface area contributed by atoms with Crippen molar-refractivity contribution in [1.82, 2.24) is 5.32 Å². The van der Waals surface area contributed by atoms with Crippen LogP contribution < -0.4 is 5.32 Å². The van der Waals surface area contributed by atoms with Gasteiger partial charge in [-0.05, 0) is 54.7 Å². The van der Waals surface area contributed by atoms with Crippen LogP contribution in [0.1, 0.15) is 26.7 Å². The van der Waals surface area contributed by atoms with Gasteiger partial charge in [0.15, 0.2) is 0 Å². The quantitative estimate of drug-likeness (QED) is 0.733. The van der Waals surface area contributed by atoms with Gasteiger partial charge in [-0.2, -0.15) is 11.8 Å². The second kappa shape index (κ2) is 3.16. The number of nitrogens with one attached hydrogen (secondary N) is 1. The van der Waals surface area contributed by atoms with Crippen LogP contribution in [-0.2, 0) is 0 Å². The summed E-state index contributed by atoms with van der Waals surface area (Å²) in [6.45, 7) is 6.18. The highest BCUT2D eigenvalue weighted by atomic mass is 32.2. The number of rotatable bonds is 2. The van der Waals surface area contributed by atoms with Crippen molar-refractivity contribution in [1.29, 1.82) is 0 Å². The molecule has 1 aliphatic heterocycles. The van der Waals surface area contributed by atoms with E-state index in [4.69, 9.17) is 0 Å². The van der Waals surface area contributed by atoms with Gasteiger partial charge in [0.05, 0.1) is 0 Å². The predicted octanol–water partition coefficient (Wildman–Crippen LogP) is 2.38. The summed E-state index contributed by atoms with van der Waals surface area (Å²) < 4.78 is 0. The van der Waals surface area contributed by atoms with E-state index in [2.05, 4.69) is 38.0 Å². The lowest BCUT2D eigenvalue weighted by Gasteiger charge is -2.40. The minimum Gasteiger partial charge on any atom is -0.319 e. The van der Waals surface area contributed by atoms with E-state index in [0.29, 0.717) is 10.8 Å². The highest BCUT2D eigenvalue weighted by molar-refractivity contribution is 7.99. The summed E-state index contributed by atoms with van der Waals surface area (Å²) in [4.78, 5) is 0. The molecule has 2 heteroatoms. The van der Waals surface area contributed by atoms with E-state index in [0.717, 1.165) is 5.92 Å². The van der Waals surface area contributed by atoms with Crippen LogP contribution in [0.2, 0.25) is 0 Å². The summed E-state index contributed by atoms with van der Waals surface area (Å²) >= 11 is 2.17. The fraction of sp³-hybridized carbons (Fsp3) is 1.00. The van der Waals surface area contributed by atoms with Crippen LogP contribution in [0.3, 0.4) is 0 Å². The average molecular weight is 199 g/mol. The Balaban J connectivity index is 2.05. The molecule has 1 saturated heterocycles. The zero-order valence-electron chi connectivity index (χ0n) is 9.02. The molecule has 1 N–H and O–H groups in total. The van der Waals surface area contributed by atoms with Gasteiger partial charge in [0.2, 0.25) is 0 Å². The predicted molar refractivity (Wildman–Crippen MR) is 60.2 cm³/mol.